The van der Waals surface area contributed by atoms with Crippen molar-refractivity contribution in [2.24, 2.45) is 0 Å². The molecule has 2 rings (SSSR count). The van der Waals surface area contributed by atoms with Crippen molar-refractivity contribution < 1.29 is 4.52 Å². The minimum absolute atomic E-state index is 0.443. The zero-order valence-electron chi connectivity index (χ0n) is 9.52. The molecule has 0 aliphatic heterocycles. The minimum Gasteiger partial charge on any atom is -0.331 e. The van der Waals surface area contributed by atoms with Crippen LogP contribution >= 0.6 is 11.3 Å². The van der Waals surface area contributed by atoms with Crippen LogP contribution in [0.3, 0.4) is 0 Å². The van der Waals surface area contributed by atoms with E-state index in [-0.39, 0.29) is 0 Å². The van der Waals surface area contributed by atoms with Crippen LogP contribution in [0.15, 0.2) is 10.7 Å². The van der Waals surface area contributed by atoms with E-state index < -0.39 is 0 Å². The summed E-state index contributed by atoms with van der Waals surface area (Å²) < 4.78 is 4.94. The molecule has 86 valence electrons. The maximum absolute atomic E-state index is 4.94. The van der Waals surface area contributed by atoms with E-state index in [1.54, 1.807) is 18.3 Å². The first-order chi connectivity index (χ1) is 7.65. The van der Waals surface area contributed by atoms with Crippen molar-refractivity contribution in [2.45, 2.75) is 33.2 Å². The molecule has 16 heavy (non-hydrogen) atoms. The van der Waals surface area contributed by atoms with Crippen molar-refractivity contribution in [2.75, 3.05) is 5.32 Å². The molecule has 2 aromatic rings. The normalized spacial score (nSPS) is 11.0. The van der Waals surface area contributed by atoms with E-state index in [0.29, 0.717) is 24.3 Å². The maximum atomic E-state index is 4.94. The lowest BCUT2D eigenvalue weighted by Crippen LogP contribution is -1.98. The van der Waals surface area contributed by atoms with Crippen LogP contribution in [0.25, 0.3) is 0 Å². The van der Waals surface area contributed by atoms with E-state index >= 15 is 0 Å². The van der Waals surface area contributed by atoms with Gasteiger partial charge in [0.25, 0.3) is 0 Å². The van der Waals surface area contributed by atoms with Crippen molar-refractivity contribution in [3.05, 3.63) is 21.9 Å². The van der Waals surface area contributed by atoms with Crippen molar-refractivity contribution in [3.8, 4) is 0 Å². The molecule has 0 saturated carbocycles. The number of aryl methyl sites for hydroxylation is 1. The Morgan fingerprint density at radius 3 is 2.88 bits per heavy atom. The average molecular weight is 238 g/mol. The van der Waals surface area contributed by atoms with Gasteiger partial charge in [-0.1, -0.05) is 19.0 Å². The van der Waals surface area contributed by atoms with Crippen LogP contribution in [0.5, 0.6) is 0 Å². The molecule has 0 bridgehead atoms. The molecule has 5 nitrogen and oxygen atoms in total. The third-order valence-corrected chi connectivity index (χ3v) is 3.36. The van der Waals surface area contributed by atoms with Gasteiger partial charge in [-0.3, -0.25) is 0 Å². The van der Waals surface area contributed by atoms with Gasteiger partial charge in [-0.25, -0.2) is 4.98 Å². The average Bonchev–Trinajstić information content (AvgIpc) is 2.83. The van der Waals surface area contributed by atoms with E-state index in [1.165, 1.54) is 4.88 Å². The van der Waals surface area contributed by atoms with Gasteiger partial charge in [0.1, 0.15) is 5.01 Å². The van der Waals surface area contributed by atoms with Crippen molar-refractivity contribution in [1.29, 1.82) is 0 Å². The van der Waals surface area contributed by atoms with Gasteiger partial charge >= 0.3 is 6.01 Å². The first-order valence-electron chi connectivity index (χ1n) is 5.14. The summed E-state index contributed by atoms with van der Waals surface area (Å²) in [6.45, 7) is 6.73. The van der Waals surface area contributed by atoms with Crippen molar-refractivity contribution in [1.82, 2.24) is 15.1 Å². The summed E-state index contributed by atoms with van der Waals surface area (Å²) in [5.41, 5.74) is 0. The van der Waals surface area contributed by atoms with Crippen LogP contribution in [-0.4, -0.2) is 15.1 Å². The van der Waals surface area contributed by atoms with Gasteiger partial charge in [-0.05, 0) is 12.8 Å². The van der Waals surface area contributed by atoms with Gasteiger partial charge in [-0.2, -0.15) is 4.98 Å². The van der Waals surface area contributed by atoms with Gasteiger partial charge in [0.2, 0.25) is 0 Å². The molecule has 0 spiro atoms. The number of thiazole rings is 1. The van der Waals surface area contributed by atoms with Gasteiger partial charge in [0, 0.05) is 11.1 Å². The van der Waals surface area contributed by atoms with Gasteiger partial charge in [-0.15, -0.1) is 11.3 Å². The molecule has 0 aliphatic carbocycles. The Morgan fingerprint density at radius 1 is 1.50 bits per heavy atom. The minimum atomic E-state index is 0.443. The quantitative estimate of drug-likeness (QED) is 0.886. The Balaban J connectivity index is 1.94. The lowest BCUT2D eigenvalue weighted by molar-refractivity contribution is 0.425. The van der Waals surface area contributed by atoms with Crippen LogP contribution in [0, 0.1) is 6.92 Å². The second-order valence-corrected chi connectivity index (χ2v) is 4.96. The fourth-order valence-electron chi connectivity index (χ4n) is 1.19. The summed E-state index contributed by atoms with van der Waals surface area (Å²) in [6.07, 6.45) is 1.92. The molecule has 6 heteroatoms. The molecule has 0 fully saturated rings. The molecular formula is C10H14N4OS. The van der Waals surface area contributed by atoms with Gasteiger partial charge in [0.15, 0.2) is 5.82 Å². The molecule has 0 aliphatic rings. The number of nitrogens with one attached hydrogen (secondary N) is 1. The van der Waals surface area contributed by atoms with Crippen LogP contribution in [0.1, 0.15) is 35.5 Å². The summed E-state index contributed by atoms with van der Waals surface area (Å²) in [6, 6.07) is 0.443. The molecular weight excluding hydrogens is 224 g/mol. The number of rotatable bonds is 4. The summed E-state index contributed by atoms with van der Waals surface area (Å²) in [5, 5.41) is 7.77. The topological polar surface area (TPSA) is 63.8 Å². The highest BCUT2D eigenvalue weighted by molar-refractivity contribution is 7.11. The third-order valence-electron chi connectivity index (χ3n) is 2.06. The zero-order valence-corrected chi connectivity index (χ0v) is 10.3. The van der Waals surface area contributed by atoms with E-state index in [2.05, 4.69) is 34.3 Å². The van der Waals surface area contributed by atoms with Crippen LogP contribution in [0.2, 0.25) is 0 Å². The standard InChI is InChI=1S/C10H14N4OS/c1-6(2)8-4-11-9(16-8)5-12-10-13-7(3)14-15-10/h4,6H,5H2,1-3H3,(H,12,13,14). The molecule has 2 heterocycles. The lowest BCUT2D eigenvalue weighted by Gasteiger charge is -1.97. The lowest BCUT2D eigenvalue weighted by atomic mass is 10.2. The second-order valence-electron chi connectivity index (χ2n) is 3.81. The Morgan fingerprint density at radius 2 is 2.31 bits per heavy atom. The predicted molar refractivity (Wildman–Crippen MR) is 62.6 cm³/mol. The SMILES string of the molecule is Cc1noc(NCc2ncc(C(C)C)s2)n1. The monoisotopic (exact) mass is 238 g/mol. The van der Waals surface area contributed by atoms with Crippen molar-refractivity contribution >= 4 is 17.4 Å². The Bertz CT molecular complexity index is 463. The van der Waals surface area contributed by atoms with E-state index in [9.17, 15) is 0 Å². The molecule has 0 amide bonds. The molecule has 1 N–H and O–H groups in total. The highest BCUT2D eigenvalue weighted by Crippen LogP contribution is 2.22. The number of nitrogens with zero attached hydrogens (tertiary/aromatic N) is 3. The summed E-state index contributed by atoms with van der Waals surface area (Å²) in [7, 11) is 0. The zero-order chi connectivity index (χ0) is 11.5. The second kappa shape index (κ2) is 4.61. The first-order valence-corrected chi connectivity index (χ1v) is 5.95. The molecule has 0 saturated heterocycles. The number of hydrogen-bond acceptors (Lipinski definition) is 6. The number of aromatic nitrogens is 3. The fourth-order valence-corrected chi connectivity index (χ4v) is 2.06. The summed E-state index contributed by atoms with van der Waals surface area (Å²) >= 11 is 1.70. The molecule has 0 unspecified atom stereocenters. The van der Waals surface area contributed by atoms with E-state index in [0.717, 1.165) is 5.01 Å². The number of anilines is 1. The highest BCUT2D eigenvalue weighted by Gasteiger charge is 2.07. The Hall–Kier alpha value is -1.43. The summed E-state index contributed by atoms with van der Waals surface area (Å²) in [5.74, 6) is 1.15. The Kier molecular flexibility index (Phi) is 3.19. The number of hydrogen-bond donors (Lipinski definition) is 1. The van der Waals surface area contributed by atoms with E-state index in [4.69, 9.17) is 4.52 Å². The largest absolute Gasteiger partial charge is 0.331 e. The molecule has 0 aromatic carbocycles. The molecule has 2 aromatic heterocycles. The predicted octanol–water partition coefficient (Wildman–Crippen LogP) is 2.57. The third kappa shape index (κ3) is 2.57. The highest BCUT2D eigenvalue weighted by atomic mass is 32.1. The Labute approximate surface area is 97.9 Å². The van der Waals surface area contributed by atoms with Crippen LogP contribution in [0.4, 0.5) is 6.01 Å². The van der Waals surface area contributed by atoms with Crippen LogP contribution in [-0.2, 0) is 6.54 Å². The summed E-state index contributed by atoms with van der Waals surface area (Å²) in [4.78, 5) is 9.67. The van der Waals surface area contributed by atoms with Gasteiger partial charge in [0.05, 0.1) is 6.54 Å². The smallest absolute Gasteiger partial charge is 0.321 e. The first kappa shape index (κ1) is 11.1. The van der Waals surface area contributed by atoms with Gasteiger partial charge < -0.3 is 9.84 Å². The van der Waals surface area contributed by atoms with E-state index in [1.807, 2.05) is 6.20 Å². The maximum Gasteiger partial charge on any atom is 0.321 e. The van der Waals surface area contributed by atoms with Crippen molar-refractivity contribution in [3.63, 3.8) is 0 Å². The molecule has 0 atom stereocenters. The fraction of sp³-hybridized carbons (Fsp3) is 0.500. The molecule has 0 radical (unpaired) electrons. The van der Waals surface area contributed by atoms with Crippen LogP contribution < -0.4 is 5.32 Å².